The highest BCUT2D eigenvalue weighted by Crippen LogP contribution is 2.33. The van der Waals surface area contributed by atoms with E-state index >= 15 is 0 Å². The first-order valence-corrected chi connectivity index (χ1v) is 7.01. The Morgan fingerprint density at radius 2 is 2.10 bits per heavy atom. The molecule has 5 nitrogen and oxygen atoms in total. The largest absolute Gasteiger partial charge is 0.461 e. The van der Waals surface area contributed by atoms with Crippen molar-refractivity contribution in [3.8, 4) is 0 Å². The van der Waals surface area contributed by atoms with Crippen LogP contribution in [0.2, 0.25) is 5.02 Å². The second-order valence-corrected chi connectivity index (χ2v) is 5.12. The lowest BCUT2D eigenvalue weighted by Gasteiger charge is -2.33. The highest BCUT2D eigenvalue weighted by molar-refractivity contribution is 6.31. The molecule has 2 rings (SSSR count). The first-order valence-electron chi connectivity index (χ1n) is 6.63. The normalized spacial score (nSPS) is 18.6. The van der Waals surface area contributed by atoms with Crippen LogP contribution in [-0.4, -0.2) is 30.6 Å². The summed E-state index contributed by atoms with van der Waals surface area (Å²) in [7, 11) is 1.54. The van der Waals surface area contributed by atoms with Crippen molar-refractivity contribution in [2.75, 3.05) is 13.7 Å². The quantitative estimate of drug-likeness (QED) is 0.874. The van der Waals surface area contributed by atoms with Crippen LogP contribution in [0.4, 0.5) is 4.79 Å². The average molecular weight is 309 g/mol. The Balaban J connectivity index is 2.50. The minimum absolute atomic E-state index is 0.252. The molecule has 6 heteroatoms. The van der Waals surface area contributed by atoms with Gasteiger partial charge >= 0.3 is 12.0 Å². The number of hydrogen-bond acceptors (Lipinski definition) is 3. The van der Waals surface area contributed by atoms with Gasteiger partial charge < -0.3 is 10.1 Å². The Hall–Kier alpha value is -2.01. The number of esters is 1. The van der Waals surface area contributed by atoms with Crippen LogP contribution < -0.4 is 5.32 Å². The van der Waals surface area contributed by atoms with Gasteiger partial charge in [-0.3, -0.25) is 4.90 Å². The molecule has 1 N–H and O–H groups in total. The summed E-state index contributed by atoms with van der Waals surface area (Å²) in [5.41, 5.74) is 1.70. The standard InChI is InChI=1S/C15H17ClN2O3/c1-4-21-14(19)13-9(2)12(17-15(20)18(13)3)10-7-5-6-8-11(10)16/h5-8,12H,4H2,1-3H3,(H,17,20)/t12-/m0/s1. The van der Waals surface area contributed by atoms with Gasteiger partial charge in [-0.2, -0.15) is 0 Å². The van der Waals surface area contributed by atoms with Crippen LogP contribution in [0.3, 0.4) is 0 Å². The summed E-state index contributed by atoms with van der Waals surface area (Å²) in [6.45, 7) is 3.76. The topological polar surface area (TPSA) is 58.6 Å². The number of nitrogens with zero attached hydrogens (tertiary/aromatic N) is 1. The fourth-order valence-corrected chi connectivity index (χ4v) is 2.59. The molecule has 0 aromatic heterocycles. The molecule has 0 saturated carbocycles. The van der Waals surface area contributed by atoms with Crippen molar-refractivity contribution in [1.29, 1.82) is 0 Å². The lowest BCUT2D eigenvalue weighted by molar-refractivity contribution is -0.140. The van der Waals surface area contributed by atoms with E-state index in [0.717, 1.165) is 5.56 Å². The molecule has 1 heterocycles. The first-order chi connectivity index (χ1) is 9.97. The molecule has 1 aromatic rings. The second kappa shape index (κ2) is 6.18. The van der Waals surface area contributed by atoms with E-state index in [0.29, 0.717) is 10.6 Å². The Morgan fingerprint density at radius 1 is 1.43 bits per heavy atom. The number of urea groups is 1. The van der Waals surface area contributed by atoms with E-state index in [9.17, 15) is 9.59 Å². The summed E-state index contributed by atoms with van der Waals surface area (Å²) in [5.74, 6) is -0.510. The lowest BCUT2D eigenvalue weighted by atomic mass is 9.96. The van der Waals surface area contributed by atoms with Crippen LogP contribution in [0.15, 0.2) is 35.5 Å². The number of ether oxygens (including phenoxy) is 1. The molecule has 0 aliphatic carbocycles. The Morgan fingerprint density at radius 3 is 2.71 bits per heavy atom. The minimum atomic E-state index is -0.510. The van der Waals surface area contributed by atoms with Crippen LogP contribution in [-0.2, 0) is 9.53 Å². The van der Waals surface area contributed by atoms with Crippen molar-refractivity contribution >= 4 is 23.6 Å². The molecule has 1 aliphatic rings. The third-order valence-corrected chi connectivity index (χ3v) is 3.74. The van der Waals surface area contributed by atoms with Crippen LogP contribution in [0, 0.1) is 0 Å². The number of carbonyl (C=O) groups excluding carboxylic acids is 2. The number of rotatable bonds is 3. The number of carbonyl (C=O) groups is 2. The zero-order chi connectivity index (χ0) is 15.6. The maximum absolute atomic E-state index is 12.1. The molecule has 0 fully saturated rings. The highest BCUT2D eigenvalue weighted by atomic mass is 35.5. The van der Waals surface area contributed by atoms with Crippen LogP contribution in [0.5, 0.6) is 0 Å². The Bertz CT molecular complexity index is 613. The fourth-order valence-electron chi connectivity index (χ4n) is 2.35. The third kappa shape index (κ3) is 2.88. The smallest absolute Gasteiger partial charge is 0.355 e. The fraction of sp³-hybridized carbons (Fsp3) is 0.333. The number of hydrogen-bond donors (Lipinski definition) is 1. The van der Waals surface area contributed by atoms with Gasteiger partial charge in [-0.1, -0.05) is 29.8 Å². The molecule has 0 radical (unpaired) electrons. The van der Waals surface area contributed by atoms with E-state index in [-0.39, 0.29) is 18.3 Å². The maximum atomic E-state index is 12.1. The lowest BCUT2D eigenvalue weighted by Crippen LogP contribution is -2.46. The maximum Gasteiger partial charge on any atom is 0.355 e. The van der Waals surface area contributed by atoms with E-state index in [1.807, 2.05) is 18.2 Å². The number of halogens is 1. The van der Waals surface area contributed by atoms with E-state index < -0.39 is 12.0 Å². The summed E-state index contributed by atoms with van der Waals surface area (Å²) < 4.78 is 5.03. The van der Waals surface area contributed by atoms with Crippen molar-refractivity contribution in [2.24, 2.45) is 0 Å². The van der Waals surface area contributed by atoms with Crippen molar-refractivity contribution in [3.05, 3.63) is 46.1 Å². The average Bonchev–Trinajstić information content (AvgIpc) is 2.44. The Labute approximate surface area is 128 Å². The van der Waals surface area contributed by atoms with Crippen LogP contribution >= 0.6 is 11.6 Å². The van der Waals surface area contributed by atoms with Gasteiger partial charge in [0.25, 0.3) is 0 Å². The summed E-state index contributed by atoms with van der Waals surface area (Å²) >= 11 is 6.19. The van der Waals surface area contributed by atoms with E-state index in [4.69, 9.17) is 16.3 Å². The molecular weight excluding hydrogens is 292 g/mol. The SMILES string of the molecule is CCOC(=O)C1=C(C)[C@@H](c2ccccc2Cl)NC(=O)N1C. The molecule has 0 unspecified atom stereocenters. The molecule has 2 amide bonds. The number of nitrogens with one attached hydrogen (secondary N) is 1. The van der Waals surface area contributed by atoms with Crippen molar-refractivity contribution in [2.45, 2.75) is 19.9 Å². The first kappa shape index (κ1) is 15.4. The van der Waals surface area contributed by atoms with E-state index in [2.05, 4.69) is 5.32 Å². The van der Waals surface area contributed by atoms with Crippen molar-refractivity contribution in [1.82, 2.24) is 10.2 Å². The van der Waals surface area contributed by atoms with Crippen LogP contribution in [0.1, 0.15) is 25.5 Å². The number of amides is 2. The molecule has 0 saturated heterocycles. The summed E-state index contributed by atoms with van der Waals surface area (Å²) in [4.78, 5) is 25.4. The second-order valence-electron chi connectivity index (χ2n) is 4.72. The zero-order valence-corrected chi connectivity index (χ0v) is 12.9. The van der Waals surface area contributed by atoms with Gasteiger partial charge in [0.2, 0.25) is 0 Å². The van der Waals surface area contributed by atoms with E-state index in [1.54, 1.807) is 19.9 Å². The predicted molar refractivity (Wildman–Crippen MR) is 79.8 cm³/mol. The van der Waals surface area contributed by atoms with Crippen LogP contribution in [0.25, 0.3) is 0 Å². The number of likely N-dealkylation sites (N-methyl/N-ethyl adjacent to an activating group) is 1. The van der Waals surface area contributed by atoms with Gasteiger partial charge in [-0.05, 0) is 31.1 Å². The molecule has 1 aromatic carbocycles. The predicted octanol–water partition coefficient (Wildman–Crippen LogP) is 2.87. The molecule has 0 bridgehead atoms. The monoisotopic (exact) mass is 308 g/mol. The van der Waals surface area contributed by atoms with Gasteiger partial charge in [0.15, 0.2) is 0 Å². The Kier molecular flexibility index (Phi) is 4.53. The van der Waals surface area contributed by atoms with Gasteiger partial charge in [0.1, 0.15) is 5.70 Å². The summed E-state index contributed by atoms with van der Waals surface area (Å²) in [5, 5.41) is 3.37. The molecule has 21 heavy (non-hydrogen) atoms. The van der Waals surface area contributed by atoms with Gasteiger partial charge in [0, 0.05) is 12.1 Å². The number of benzene rings is 1. The van der Waals surface area contributed by atoms with E-state index in [1.165, 1.54) is 11.9 Å². The van der Waals surface area contributed by atoms with Crippen molar-refractivity contribution in [3.63, 3.8) is 0 Å². The van der Waals surface area contributed by atoms with Gasteiger partial charge in [0.05, 0.1) is 12.6 Å². The van der Waals surface area contributed by atoms with Crippen molar-refractivity contribution < 1.29 is 14.3 Å². The molecule has 112 valence electrons. The van der Waals surface area contributed by atoms with Gasteiger partial charge in [-0.15, -0.1) is 0 Å². The summed E-state index contributed by atoms with van der Waals surface area (Å²) in [6.07, 6.45) is 0. The molecular formula is C15H17ClN2O3. The molecule has 1 aliphatic heterocycles. The molecule has 1 atom stereocenters. The summed E-state index contributed by atoms with van der Waals surface area (Å²) in [6, 6.07) is 6.41. The molecule has 0 spiro atoms. The minimum Gasteiger partial charge on any atom is -0.461 e. The highest BCUT2D eigenvalue weighted by Gasteiger charge is 2.34. The zero-order valence-electron chi connectivity index (χ0n) is 12.1. The van der Waals surface area contributed by atoms with Gasteiger partial charge in [-0.25, -0.2) is 9.59 Å². The third-order valence-electron chi connectivity index (χ3n) is 3.40.